The van der Waals surface area contributed by atoms with Gasteiger partial charge in [-0.2, -0.15) is 0 Å². The molecule has 0 saturated carbocycles. The van der Waals surface area contributed by atoms with Crippen LogP contribution in [0.1, 0.15) is 15.9 Å². The molecule has 0 unspecified atom stereocenters. The van der Waals surface area contributed by atoms with E-state index in [1.165, 1.54) is 12.5 Å². The number of benzene rings is 1. The van der Waals surface area contributed by atoms with Gasteiger partial charge >= 0.3 is 0 Å². The second-order valence-electron chi connectivity index (χ2n) is 3.13. The van der Waals surface area contributed by atoms with Crippen LogP contribution in [0.3, 0.4) is 0 Å². The van der Waals surface area contributed by atoms with Crippen molar-refractivity contribution in [3.05, 3.63) is 49.0 Å². The number of hydrogen-bond acceptors (Lipinski definition) is 3. The second kappa shape index (κ2) is 4.74. The first-order valence-electron chi connectivity index (χ1n) is 4.34. The van der Waals surface area contributed by atoms with Crippen molar-refractivity contribution in [1.82, 2.24) is 0 Å². The van der Waals surface area contributed by atoms with Gasteiger partial charge in [0.2, 0.25) is 0 Å². The van der Waals surface area contributed by atoms with Gasteiger partial charge in [0.25, 0.3) is 0 Å². The van der Waals surface area contributed by atoms with E-state index in [4.69, 9.17) is 4.42 Å². The van der Waals surface area contributed by atoms with Gasteiger partial charge < -0.3 is 9.52 Å². The van der Waals surface area contributed by atoms with Gasteiger partial charge in [-0.15, -0.1) is 0 Å². The molecule has 0 spiro atoms. The van der Waals surface area contributed by atoms with E-state index in [0.29, 0.717) is 18.3 Å². The summed E-state index contributed by atoms with van der Waals surface area (Å²) in [4.78, 5) is 12.0. The van der Waals surface area contributed by atoms with Crippen LogP contribution in [0.4, 0.5) is 0 Å². The minimum absolute atomic E-state index is 0.107. The Morgan fingerprint density at radius 2 is 1.81 bits per heavy atom. The number of phenols is 1. The van der Waals surface area contributed by atoms with E-state index in [0.717, 1.165) is 0 Å². The molecule has 0 saturated heterocycles. The standard InChI is InChI=1S/C11H6I2O3/c12-8-3-7(4-9(13)11(8)15)10(14)6-1-2-16-5-6/h1-5,15H. The summed E-state index contributed by atoms with van der Waals surface area (Å²) < 4.78 is 6.19. The molecule has 2 rings (SSSR count). The van der Waals surface area contributed by atoms with Crippen LogP contribution in [0.2, 0.25) is 0 Å². The van der Waals surface area contributed by atoms with Crippen molar-refractivity contribution in [2.45, 2.75) is 0 Å². The second-order valence-corrected chi connectivity index (χ2v) is 5.45. The van der Waals surface area contributed by atoms with E-state index < -0.39 is 0 Å². The molecule has 1 aromatic carbocycles. The van der Waals surface area contributed by atoms with E-state index in [2.05, 4.69) is 0 Å². The third-order valence-corrected chi connectivity index (χ3v) is 3.71. The molecule has 0 atom stereocenters. The number of hydrogen-bond donors (Lipinski definition) is 1. The average molecular weight is 440 g/mol. The van der Waals surface area contributed by atoms with Crippen LogP contribution in [-0.4, -0.2) is 10.9 Å². The van der Waals surface area contributed by atoms with E-state index in [-0.39, 0.29) is 11.5 Å². The molecule has 3 nitrogen and oxygen atoms in total. The molecule has 0 radical (unpaired) electrons. The van der Waals surface area contributed by atoms with Gasteiger partial charge in [-0.3, -0.25) is 4.79 Å². The van der Waals surface area contributed by atoms with Crippen LogP contribution >= 0.6 is 45.2 Å². The molecule has 0 amide bonds. The number of ketones is 1. The van der Waals surface area contributed by atoms with Crippen molar-refractivity contribution >= 4 is 51.0 Å². The van der Waals surface area contributed by atoms with Crippen molar-refractivity contribution in [3.63, 3.8) is 0 Å². The topological polar surface area (TPSA) is 50.4 Å². The van der Waals surface area contributed by atoms with Crippen molar-refractivity contribution < 1.29 is 14.3 Å². The number of aromatic hydroxyl groups is 1. The highest BCUT2D eigenvalue weighted by molar-refractivity contribution is 14.1. The third kappa shape index (κ3) is 2.24. The smallest absolute Gasteiger partial charge is 0.196 e. The fraction of sp³-hybridized carbons (Fsp3) is 0. The lowest BCUT2D eigenvalue weighted by molar-refractivity contribution is 0.103. The number of halogens is 2. The Bertz CT molecular complexity index is 509. The summed E-state index contributed by atoms with van der Waals surface area (Å²) in [6.07, 6.45) is 2.87. The number of furan rings is 1. The largest absolute Gasteiger partial charge is 0.506 e. The van der Waals surface area contributed by atoms with Crippen molar-refractivity contribution in [1.29, 1.82) is 0 Å². The molecule has 0 aliphatic carbocycles. The SMILES string of the molecule is O=C(c1ccoc1)c1cc(I)c(O)c(I)c1. The summed E-state index contributed by atoms with van der Waals surface area (Å²) >= 11 is 3.99. The van der Waals surface area contributed by atoms with Crippen LogP contribution in [0.25, 0.3) is 0 Å². The predicted octanol–water partition coefficient (Wildman–Crippen LogP) is 3.43. The van der Waals surface area contributed by atoms with E-state index in [9.17, 15) is 9.90 Å². The molecule has 16 heavy (non-hydrogen) atoms. The first-order chi connectivity index (χ1) is 7.59. The number of phenolic OH excluding ortho intramolecular Hbond substituents is 1. The molecular weight excluding hydrogens is 434 g/mol. The molecule has 82 valence electrons. The Morgan fingerprint density at radius 1 is 1.19 bits per heavy atom. The van der Waals surface area contributed by atoms with Crippen LogP contribution in [-0.2, 0) is 0 Å². The highest BCUT2D eigenvalue weighted by Crippen LogP contribution is 2.28. The van der Waals surface area contributed by atoms with E-state index >= 15 is 0 Å². The summed E-state index contributed by atoms with van der Waals surface area (Å²) in [5.41, 5.74) is 1.06. The van der Waals surface area contributed by atoms with Crippen molar-refractivity contribution in [2.24, 2.45) is 0 Å². The normalized spacial score (nSPS) is 10.4. The zero-order chi connectivity index (χ0) is 11.7. The first-order valence-corrected chi connectivity index (χ1v) is 6.50. The van der Waals surface area contributed by atoms with Gasteiger partial charge in [-0.25, -0.2) is 0 Å². The maximum absolute atomic E-state index is 12.0. The lowest BCUT2D eigenvalue weighted by Crippen LogP contribution is -2.00. The molecule has 0 fully saturated rings. The Balaban J connectivity index is 2.46. The molecule has 5 heteroatoms. The average Bonchev–Trinajstić information content (AvgIpc) is 2.77. The highest BCUT2D eigenvalue weighted by atomic mass is 127. The quantitative estimate of drug-likeness (QED) is 0.576. The van der Waals surface area contributed by atoms with Crippen molar-refractivity contribution in [2.75, 3.05) is 0 Å². The monoisotopic (exact) mass is 440 g/mol. The summed E-state index contributed by atoms with van der Waals surface area (Å²) in [5, 5.41) is 9.60. The molecule has 1 aromatic heterocycles. The fourth-order valence-corrected chi connectivity index (χ4v) is 3.03. The highest BCUT2D eigenvalue weighted by Gasteiger charge is 2.14. The molecule has 1 heterocycles. The van der Waals surface area contributed by atoms with Gasteiger partial charge in [-0.1, -0.05) is 0 Å². The van der Waals surface area contributed by atoms with Crippen molar-refractivity contribution in [3.8, 4) is 5.75 Å². The number of rotatable bonds is 2. The maximum Gasteiger partial charge on any atom is 0.196 e. The van der Waals surface area contributed by atoms with Crippen LogP contribution < -0.4 is 0 Å². The Kier molecular flexibility index (Phi) is 3.53. The molecule has 2 aromatic rings. The minimum Gasteiger partial charge on any atom is -0.506 e. The maximum atomic E-state index is 12.0. The van der Waals surface area contributed by atoms with Gasteiger partial charge in [0, 0.05) is 5.56 Å². The fourth-order valence-electron chi connectivity index (χ4n) is 1.26. The molecule has 0 aliphatic rings. The zero-order valence-corrected chi connectivity index (χ0v) is 12.2. The van der Waals surface area contributed by atoms with Crippen LogP contribution in [0, 0.1) is 7.14 Å². The summed E-state index contributed by atoms with van der Waals surface area (Å²) in [6, 6.07) is 4.94. The number of carbonyl (C=O) groups excluding carboxylic acids is 1. The van der Waals surface area contributed by atoms with Gasteiger partial charge in [0.15, 0.2) is 5.78 Å². The van der Waals surface area contributed by atoms with E-state index in [1.54, 1.807) is 18.2 Å². The summed E-state index contributed by atoms with van der Waals surface area (Å²) in [6.45, 7) is 0. The zero-order valence-electron chi connectivity index (χ0n) is 7.91. The number of carbonyl (C=O) groups is 1. The minimum atomic E-state index is -0.107. The van der Waals surface area contributed by atoms with Crippen LogP contribution in [0.5, 0.6) is 5.75 Å². The molecule has 0 aliphatic heterocycles. The van der Waals surface area contributed by atoms with E-state index in [1.807, 2.05) is 45.2 Å². The Hall–Kier alpha value is -0.570. The summed E-state index contributed by atoms with van der Waals surface area (Å²) in [7, 11) is 0. The molecule has 1 N–H and O–H groups in total. The summed E-state index contributed by atoms with van der Waals surface area (Å²) in [5.74, 6) is 0.106. The lowest BCUT2D eigenvalue weighted by Gasteiger charge is -2.04. The Labute approximate surface area is 119 Å². The molecule has 0 bridgehead atoms. The van der Waals surface area contributed by atoms with Gasteiger partial charge in [0.05, 0.1) is 19.0 Å². The van der Waals surface area contributed by atoms with Gasteiger partial charge in [0.1, 0.15) is 12.0 Å². The third-order valence-electron chi connectivity index (χ3n) is 2.06. The van der Waals surface area contributed by atoms with Crippen LogP contribution in [0.15, 0.2) is 35.1 Å². The first kappa shape index (κ1) is 11.9. The molecular formula is C11H6I2O3. The Morgan fingerprint density at radius 3 is 2.31 bits per heavy atom. The van der Waals surface area contributed by atoms with Gasteiger partial charge in [-0.05, 0) is 63.4 Å². The lowest BCUT2D eigenvalue weighted by atomic mass is 10.1. The predicted molar refractivity (Wildman–Crippen MR) is 75.7 cm³/mol.